The lowest BCUT2D eigenvalue weighted by atomic mass is 9.98. The van der Waals surface area contributed by atoms with Crippen molar-refractivity contribution in [2.24, 2.45) is 0 Å². The summed E-state index contributed by atoms with van der Waals surface area (Å²) in [6, 6.07) is 22.4. The largest absolute Gasteiger partial charge is 0.449 e. The highest BCUT2D eigenvalue weighted by atomic mass is 16.5. The van der Waals surface area contributed by atoms with Crippen LogP contribution in [0.4, 0.5) is 10.5 Å². The molecule has 4 nitrogen and oxygen atoms in total. The number of amides is 1. The number of hydrogen-bond acceptors (Lipinski definition) is 3. The van der Waals surface area contributed by atoms with Crippen LogP contribution in [0.2, 0.25) is 0 Å². The zero-order valence-electron chi connectivity index (χ0n) is 16.9. The molecule has 0 bridgehead atoms. The molecule has 0 aliphatic heterocycles. The number of carbonyl (C=O) groups excluding carboxylic acids is 1. The van der Waals surface area contributed by atoms with Crippen molar-refractivity contribution >= 4 is 11.8 Å². The Morgan fingerprint density at radius 3 is 2.37 bits per heavy atom. The minimum Gasteiger partial charge on any atom is -0.449 e. The van der Waals surface area contributed by atoms with Gasteiger partial charge in [-0.3, -0.25) is 0 Å². The fourth-order valence-electron chi connectivity index (χ4n) is 3.82. The van der Waals surface area contributed by atoms with Crippen molar-refractivity contribution < 1.29 is 9.53 Å². The van der Waals surface area contributed by atoms with Gasteiger partial charge in [-0.1, -0.05) is 72.5 Å². The molecule has 0 fully saturated rings. The van der Waals surface area contributed by atoms with Gasteiger partial charge in [-0.15, -0.1) is 0 Å². The molecule has 4 rings (SSSR count). The molecule has 3 aromatic carbocycles. The zero-order chi connectivity index (χ0) is 20.9. The Morgan fingerprint density at radius 2 is 1.67 bits per heavy atom. The van der Waals surface area contributed by atoms with E-state index in [1.807, 2.05) is 49.4 Å². The molecule has 1 aliphatic carbocycles. The van der Waals surface area contributed by atoms with Crippen LogP contribution < -0.4 is 11.1 Å². The van der Waals surface area contributed by atoms with Gasteiger partial charge in [0.2, 0.25) is 0 Å². The van der Waals surface area contributed by atoms with Crippen molar-refractivity contribution in [1.29, 1.82) is 0 Å². The maximum atomic E-state index is 12.2. The monoisotopic (exact) mass is 396 g/mol. The fourth-order valence-corrected chi connectivity index (χ4v) is 3.82. The first-order valence-electron chi connectivity index (χ1n) is 10.1. The van der Waals surface area contributed by atoms with Crippen molar-refractivity contribution in [3.8, 4) is 23.0 Å². The normalized spacial score (nSPS) is 11.8. The molecule has 3 N–H and O–H groups in total. The van der Waals surface area contributed by atoms with E-state index in [0.717, 1.165) is 11.1 Å². The number of nitrogens with one attached hydrogen (secondary N) is 1. The number of para-hydroxylation sites is 1. The Labute approximate surface area is 177 Å². The highest BCUT2D eigenvalue weighted by Gasteiger charge is 2.28. The lowest BCUT2D eigenvalue weighted by Crippen LogP contribution is -2.26. The number of anilines is 1. The first-order valence-corrected chi connectivity index (χ1v) is 10.1. The van der Waals surface area contributed by atoms with Crippen LogP contribution in [0.15, 0.2) is 66.7 Å². The summed E-state index contributed by atoms with van der Waals surface area (Å²) in [6.45, 7) is 2.69. The van der Waals surface area contributed by atoms with Gasteiger partial charge in [0.15, 0.2) is 0 Å². The first-order chi connectivity index (χ1) is 14.6. The standard InChI is InChI=1S/C26H24N2O2/c1-18-9-8-11-19(25(18)27)10-6-7-16-28-26(29)30-17-24-22-14-4-2-12-20(22)21-13-3-5-15-23(21)24/h2-5,8-9,11-15,24H,7,16-17,27H2,1H3,(H,28,29). The Hall–Kier alpha value is -3.71. The molecule has 30 heavy (non-hydrogen) atoms. The van der Waals surface area contributed by atoms with Gasteiger partial charge in [0.25, 0.3) is 0 Å². The number of nitrogens with two attached hydrogens (primary N) is 1. The van der Waals surface area contributed by atoms with Gasteiger partial charge >= 0.3 is 6.09 Å². The van der Waals surface area contributed by atoms with E-state index >= 15 is 0 Å². The number of carbonyl (C=O) groups is 1. The van der Waals surface area contributed by atoms with E-state index in [1.54, 1.807) is 0 Å². The quantitative estimate of drug-likeness (QED) is 0.376. The Morgan fingerprint density at radius 1 is 1.00 bits per heavy atom. The number of aryl methyl sites for hydroxylation is 1. The maximum absolute atomic E-state index is 12.2. The van der Waals surface area contributed by atoms with Gasteiger partial charge in [0, 0.05) is 24.4 Å². The van der Waals surface area contributed by atoms with Crippen LogP contribution in [-0.2, 0) is 4.74 Å². The second-order valence-corrected chi connectivity index (χ2v) is 7.34. The van der Waals surface area contributed by atoms with Gasteiger partial charge in [-0.05, 0) is 40.8 Å². The van der Waals surface area contributed by atoms with E-state index in [9.17, 15) is 4.79 Å². The molecule has 0 heterocycles. The van der Waals surface area contributed by atoms with Gasteiger partial charge in [-0.2, -0.15) is 0 Å². The third kappa shape index (κ3) is 4.01. The summed E-state index contributed by atoms with van der Waals surface area (Å²) in [5.74, 6) is 6.17. The van der Waals surface area contributed by atoms with Crippen molar-refractivity contribution in [3.05, 3.63) is 89.0 Å². The van der Waals surface area contributed by atoms with Crippen LogP contribution in [0.25, 0.3) is 11.1 Å². The minimum atomic E-state index is -0.422. The highest BCUT2D eigenvalue weighted by molar-refractivity contribution is 5.79. The number of fused-ring (bicyclic) bond motifs is 3. The molecule has 1 aliphatic rings. The highest BCUT2D eigenvalue weighted by Crippen LogP contribution is 2.44. The van der Waals surface area contributed by atoms with Crippen molar-refractivity contribution in [2.75, 3.05) is 18.9 Å². The first kappa shape index (κ1) is 19.6. The van der Waals surface area contributed by atoms with E-state index in [1.165, 1.54) is 22.3 Å². The van der Waals surface area contributed by atoms with Gasteiger partial charge < -0.3 is 15.8 Å². The van der Waals surface area contributed by atoms with E-state index in [2.05, 4.69) is 41.4 Å². The summed E-state index contributed by atoms with van der Waals surface area (Å²) in [5, 5.41) is 2.77. The van der Waals surface area contributed by atoms with Crippen LogP contribution in [0, 0.1) is 18.8 Å². The summed E-state index contributed by atoms with van der Waals surface area (Å²) < 4.78 is 5.52. The lowest BCUT2D eigenvalue weighted by molar-refractivity contribution is 0.143. The van der Waals surface area contributed by atoms with Crippen molar-refractivity contribution in [2.45, 2.75) is 19.3 Å². The second-order valence-electron chi connectivity index (χ2n) is 7.34. The number of ether oxygens (including phenoxy) is 1. The third-order valence-electron chi connectivity index (χ3n) is 5.41. The zero-order valence-corrected chi connectivity index (χ0v) is 16.9. The molecule has 150 valence electrons. The minimum absolute atomic E-state index is 0.0623. The second kappa shape index (κ2) is 8.75. The molecule has 4 heteroatoms. The number of nitrogen functional groups attached to an aromatic ring is 1. The topological polar surface area (TPSA) is 64.3 Å². The van der Waals surface area contributed by atoms with Crippen LogP contribution >= 0.6 is 0 Å². The molecule has 0 aromatic heterocycles. The SMILES string of the molecule is Cc1cccc(C#CCCNC(=O)OCC2c3ccccc3-c3ccccc32)c1N. The smallest absolute Gasteiger partial charge is 0.407 e. The van der Waals surface area contributed by atoms with Crippen LogP contribution in [-0.4, -0.2) is 19.2 Å². The van der Waals surface area contributed by atoms with Crippen LogP contribution in [0.1, 0.15) is 34.6 Å². The van der Waals surface area contributed by atoms with E-state index in [-0.39, 0.29) is 5.92 Å². The molecule has 0 saturated heterocycles. The van der Waals surface area contributed by atoms with Gasteiger partial charge in [0.1, 0.15) is 6.61 Å². The summed E-state index contributed by atoms with van der Waals surface area (Å²) in [6.07, 6.45) is 0.103. The summed E-state index contributed by atoms with van der Waals surface area (Å²) in [4.78, 5) is 12.2. The van der Waals surface area contributed by atoms with Crippen LogP contribution in [0.3, 0.4) is 0 Å². The average molecular weight is 396 g/mol. The van der Waals surface area contributed by atoms with E-state index < -0.39 is 6.09 Å². The predicted molar refractivity (Wildman–Crippen MR) is 120 cm³/mol. The number of rotatable bonds is 4. The number of hydrogen-bond donors (Lipinski definition) is 2. The average Bonchev–Trinajstić information content (AvgIpc) is 3.09. The van der Waals surface area contributed by atoms with Crippen molar-refractivity contribution in [3.63, 3.8) is 0 Å². The summed E-state index contributed by atoms with van der Waals surface area (Å²) in [5.41, 5.74) is 13.4. The molecule has 0 radical (unpaired) electrons. The molecule has 0 atom stereocenters. The van der Waals surface area contributed by atoms with Gasteiger partial charge in [0.05, 0.1) is 5.69 Å². The molecule has 0 saturated carbocycles. The summed E-state index contributed by atoms with van der Waals surface area (Å²) in [7, 11) is 0. The van der Waals surface area contributed by atoms with Crippen LogP contribution in [0.5, 0.6) is 0 Å². The molecule has 0 spiro atoms. The maximum Gasteiger partial charge on any atom is 0.407 e. The summed E-state index contributed by atoms with van der Waals surface area (Å²) >= 11 is 0. The molecule has 3 aromatic rings. The number of alkyl carbamates (subject to hydrolysis) is 1. The molecule has 0 unspecified atom stereocenters. The van der Waals surface area contributed by atoms with E-state index in [4.69, 9.17) is 10.5 Å². The fraction of sp³-hybridized carbons (Fsp3) is 0.192. The predicted octanol–water partition coefficient (Wildman–Crippen LogP) is 4.86. The molecule has 1 amide bonds. The molecular weight excluding hydrogens is 372 g/mol. The number of benzene rings is 3. The third-order valence-corrected chi connectivity index (χ3v) is 5.41. The Kier molecular flexibility index (Phi) is 5.72. The van der Waals surface area contributed by atoms with Crippen molar-refractivity contribution in [1.82, 2.24) is 5.32 Å². The Balaban J connectivity index is 1.30. The van der Waals surface area contributed by atoms with Gasteiger partial charge in [-0.25, -0.2) is 4.79 Å². The molecular formula is C26H24N2O2. The lowest BCUT2D eigenvalue weighted by Gasteiger charge is -2.14. The Bertz CT molecular complexity index is 1100. The van der Waals surface area contributed by atoms with E-state index in [0.29, 0.717) is 25.3 Å².